The second kappa shape index (κ2) is 11.9. The van der Waals surface area contributed by atoms with Gasteiger partial charge in [0.15, 0.2) is 6.61 Å². The van der Waals surface area contributed by atoms with Crippen molar-refractivity contribution in [2.75, 3.05) is 23.4 Å². The number of hydrogen-bond donors (Lipinski definition) is 2. The van der Waals surface area contributed by atoms with Gasteiger partial charge in [0.05, 0.1) is 5.92 Å². The van der Waals surface area contributed by atoms with Gasteiger partial charge in [-0.15, -0.1) is 0 Å². The van der Waals surface area contributed by atoms with E-state index in [1.54, 1.807) is 41.3 Å². The minimum atomic E-state index is -0.422. The van der Waals surface area contributed by atoms with Crippen LogP contribution in [0.4, 0.5) is 11.4 Å². The SMILES string of the molecule is CCc1cccc(C)c1NC(=O)COc1ccc(N2C[C@@H](C(=O)NCc3ccc(Cl)cc3)CC2=O)cc1. The molecule has 8 heteroatoms. The topological polar surface area (TPSA) is 87.7 Å². The van der Waals surface area contributed by atoms with Gasteiger partial charge in [-0.05, 0) is 66.4 Å². The van der Waals surface area contributed by atoms with E-state index in [0.29, 0.717) is 29.5 Å². The van der Waals surface area contributed by atoms with Crippen LogP contribution in [0.1, 0.15) is 30.0 Å². The molecule has 0 unspecified atom stereocenters. The van der Waals surface area contributed by atoms with Crippen molar-refractivity contribution in [1.82, 2.24) is 5.32 Å². The Kier molecular flexibility index (Phi) is 8.46. The summed E-state index contributed by atoms with van der Waals surface area (Å²) in [5.74, 6) is -0.409. The third-order valence-corrected chi connectivity index (χ3v) is 6.65. The molecule has 3 aromatic rings. The molecule has 1 aliphatic rings. The van der Waals surface area contributed by atoms with Gasteiger partial charge in [-0.3, -0.25) is 14.4 Å². The van der Waals surface area contributed by atoms with Crippen LogP contribution in [0.2, 0.25) is 5.02 Å². The van der Waals surface area contributed by atoms with Crippen molar-refractivity contribution in [2.24, 2.45) is 5.92 Å². The van der Waals surface area contributed by atoms with Crippen LogP contribution in [0.3, 0.4) is 0 Å². The number of aryl methyl sites for hydroxylation is 2. The molecule has 1 aliphatic heterocycles. The number of rotatable bonds is 9. The standard InChI is InChI=1S/C29H30ClN3O4/c1-3-21-6-4-5-19(2)28(21)32-26(34)18-37-25-13-11-24(12-14-25)33-17-22(15-27(33)35)29(36)31-16-20-7-9-23(30)10-8-20/h4-14,22H,3,15-18H2,1-2H3,(H,31,36)(H,32,34)/t22-/m0/s1. The van der Waals surface area contributed by atoms with Gasteiger partial charge in [-0.1, -0.05) is 48.9 Å². The van der Waals surface area contributed by atoms with E-state index < -0.39 is 5.92 Å². The summed E-state index contributed by atoms with van der Waals surface area (Å²) in [7, 11) is 0. The summed E-state index contributed by atoms with van der Waals surface area (Å²) in [5, 5.41) is 6.48. The lowest BCUT2D eigenvalue weighted by molar-refractivity contribution is -0.126. The number of ether oxygens (including phenoxy) is 1. The van der Waals surface area contributed by atoms with E-state index >= 15 is 0 Å². The maximum Gasteiger partial charge on any atom is 0.262 e. The molecule has 0 saturated carbocycles. The van der Waals surface area contributed by atoms with E-state index in [2.05, 4.69) is 10.6 Å². The first kappa shape index (κ1) is 26.2. The Labute approximate surface area is 221 Å². The van der Waals surface area contributed by atoms with Crippen LogP contribution >= 0.6 is 11.6 Å². The maximum atomic E-state index is 12.6. The number of nitrogens with zero attached hydrogens (tertiary/aromatic N) is 1. The molecule has 1 heterocycles. The highest BCUT2D eigenvalue weighted by atomic mass is 35.5. The first-order valence-corrected chi connectivity index (χ1v) is 12.7. The Morgan fingerprint density at radius 2 is 1.78 bits per heavy atom. The van der Waals surface area contributed by atoms with E-state index in [1.807, 2.05) is 44.2 Å². The molecule has 192 valence electrons. The molecule has 1 saturated heterocycles. The Balaban J connectivity index is 1.28. The van der Waals surface area contributed by atoms with Crippen molar-refractivity contribution in [3.63, 3.8) is 0 Å². The van der Waals surface area contributed by atoms with E-state index in [-0.39, 0.29) is 30.7 Å². The highest BCUT2D eigenvalue weighted by Crippen LogP contribution is 2.27. The minimum Gasteiger partial charge on any atom is -0.484 e. The van der Waals surface area contributed by atoms with E-state index in [0.717, 1.165) is 28.8 Å². The lowest BCUT2D eigenvalue weighted by Gasteiger charge is -2.17. The average Bonchev–Trinajstić information content (AvgIpc) is 3.30. The molecule has 0 radical (unpaired) electrons. The van der Waals surface area contributed by atoms with Gasteiger partial charge < -0.3 is 20.3 Å². The van der Waals surface area contributed by atoms with Crippen molar-refractivity contribution in [2.45, 2.75) is 33.2 Å². The van der Waals surface area contributed by atoms with Crippen LogP contribution < -0.4 is 20.3 Å². The summed E-state index contributed by atoms with van der Waals surface area (Å²) in [6.45, 7) is 4.56. The lowest BCUT2D eigenvalue weighted by Crippen LogP contribution is -2.32. The fourth-order valence-corrected chi connectivity index (χ4v) is 4.44. The van der Waals surface area contributed by atoms with Crippen molar-refractivity contribution in [1.29, 1.82) is 0 Å². The Hall–Kier alpha value is -3.84. The monoisotopic (exact) mass is 519 g/mol. The second-order valence-electron chi connectivity index (χ2n) is 9.04. The lowest BCUT2D eigenvalue weighted by atomic mass is 10.1. The fourth-order valence-electron chi connectivity index (χ4n) is 4.32. The summed E-state index contributed by atoms with van der Waals surface area (Å²) in [4.78, 5) is 39.3. The number of amides is 3. The largest absolute Gasteiger partial charge is 0.484 e. The summed E-state index contributed by atoms with van der Waals surface area (Å²) in [6, 6.07) is 20.1. The van der Waals surface area contributed by atoms with Crippen LogP contribution in [0.5, 0.6) is 5.75 Å². The third kappa shape index (κ3) is 6.68. The quantitative estimate of drug-likeness (QED) is 0.421. The Bertz CT molecular complexity index is 1280. The van der Waals surface area contributed by atoms with E-state index in [9.17, 15) is 14.4 Å². The second-order valence-corrected chi connectivity index (χ2v) is 9.48. The number of nitrogens with one attached hydrogen (secondary N) is 2. The molecule has 0 spiro atoms. The molecular formula is C29H30ClN3O4. The molecule has 3 aromatic carbocycles. The van der Waals surface area contributed by atoms with Gasteiger partial charge in [0.2, 0.25) is 11.8 Å². The molecule has 7 nitrogen and oxygen atoms in total. The third-order valence-electron chi connectivity index (χ3n) is 6.40. The number of carbonyl (C=O) groups is 3. The zero-order valence-corrected chi connectivity index (χ0v) is 21.7. The highest BCUT2D eigenvalue weighted by molar-refractivity contribution is 6.30. The van der Waals surface area contributed by atoms with Crippen LogP contribution in [-0.2, 0) is 27.3 Å². The zero-order chi connectivity index (χ0) is 26.4. The molecular weight excluding hydrogens is 490 g/mol. The van der Waals surface area contributed by atoms with Gasteiger partial charge in [-0.25, -0.2) is 0 Å². The molecule has 3 amide bonds. The smallest absolute Gasteiger partial charge is 0.262 e. The molecule has 1 fully saturated rings. The van der Waals surface area contributed by atoms with Crippen molar-refractivity contribution in [3.8, 4) is 5.75 Å². The maximum absolute atomic E-state index is 12.6. The van der Waals surface area contributed by atoms with Crippen LogP contribution in [0, 0.1) is 12.8 Å². The highest BCUT2D eigenvalue weighted by Gasteiger charge is 2.35. The van der Waals surface area contributed by atoms with Gasteiger partial charge in [0.1, 0.15) is 5.75 Å². The Morgan fingerprint density at radius 1 is 1.05 bits per heavy atom. The van der Waals surface area contributed by atoms with Crippen LogP contribution in [-0.4, -0.2) is 30.9 Å². The summed E-state index contributed by atoms with van der Waals surface area (Å²) >= 11 is 5.90. The van der Waals surface area contributed by atoms with Gasteiger partial charge >= 0.3 is 0 Å². The zero-order valence-electron chi connectivity index (χ0n) is 20.9. The number of carbonyl (C=O) groups excluding carboxylic acids is 3. The number of benzene rings is 3. The molecule has 1 atom stereocenters. The summed E-state index contributed by atoms with van der Waals surface area (Å²) in [5.41, 5.74) is 4.53. The molecule has 2 N–H and O–H groups in total. The predicted octanol–water partition coefficient (Wildman–Crippen LogP) is 4.90. The summed E-state index contributed by atoms with van der Waals surface area (Å²) < 4.78 is 5.65. The Morgan fingerprint density at radius 3 is 2.49 bits per heavy atom. The van der Waals surface area contributed by atoms with Gasteiger partial charge in [0.25, 0.3) is 5.91 Å². The van der Waals surface area contributed by atoms with Crippen molar-refractivity contribution in [3.05, 3.63) is 88.4 Å². The van der Waals surface area contributed by atoms with Crippen LogP contribution in [0.15, 0.2) is 66.7 Å². The minimum absolute atomic E-state index is 0.107. The predicted molar refractivity (Wildman–Crippen MR) is 145 cm³/mol. The number of halogens is 1. The van der Waals surface area contributed by atoms with Gasteiger partial charge in [-0.2, -0.15) is 0 Å². The van der Waals surface area contributed by atoms with Gasteiger partial charge in [0, 0.05) is 35.9 Å². The average molecular weight is 520 g/mol. The first-order valence-electron chi connectivity index (χ1n) is 12.3. The molecule has 0 aromatic heterocycles. The summed E-state index contributed by atoms with van der Waals surface area (Å²) in [6.07, 6.45) is 0.975. The number of hydrogen-bond acceptors (Lipinski definition) is 4. The fraction of sp³-hybridized carbons (Fsp3) is 0.276. The number of anilines is 2. The number of para-hydroxylation sites is 1. The molecule has 37 heavy (non-hydrogen) atoms. The van der Waals surface area contributed by atoms with E-state index in [1.165, 1.54) is 0 Å². The molecule has 0 bridgehead atoms. The normalized spacial score (nSPS) is 14.9. The molecule has 4 rings (SSSR count). The molecule has 0 aliphatic carbocycles. The van der Waals surface area contributed by atoms with Crippen molar-refractivity contribution < 1.29 is 19.1 Å². The first-order chi connectivity index (χ1) is 17.8. The van der Waals surface area contributed by atoms with Crippen molar-refractivity contribution >= 4 is 40.7 Å². The van der Waals surface area contributed by atoms with Crippen LogP contribution in [0.25, 0.3) is 0 Å². The van der Waals surface area contributed by atoms with E-state index in [4.69, 9.17) is 16.3 Å².